The highest BCUT2D eigenvalue weighted by atomic mass is 32.1. The van der Waals surface area contributed by atoms with E-state index in [4.69, 9.17) is 15.5 Å². The standard InChI is InChI=1S/C25H23N7O2S/c1-31(16-5-2-4-15(10-16)24(26)33)23-11-20-22(35-23)13-27-25(29-20)32-8-9-34-21(14-32)17-6-3-7-19-18(17)12-28-30-19/h2-7,10-13,21H,8-9,14H2,1H3,(H2,26,33)(H,28,30). The second-order valence-corrected chi connectivity index (χ2v) is 9.52. The monoisotopic (exact) mass is 485 g/mol. The summed E-state index contributed by atoms with van der Waals surface area (Å²) in [5, 5.41) is 9.27. The maximum absolute atomic E-state index is 11.6. The lowest BCUT2D eigenvalue weighted by Crippen LogP contribution is -2.39. The lowest BCUT2D eigenvalue weighted by atomic mass is 10.0. The van der Waals surface area contributed by atoms with Crippen molar-refractivity contribution in [3.63, 3.8) is 0 Å². The summed E-state index contributed by atoms with van der Waals surface area (Å²) in [6.07, 6.45) is 3.63. The summed E-state index contributed by atoms with van der Waals surface area (Å²) >= 11 is 1.60. The van der Waals surface area contributed by atoms with Gasteiger partial charge in [-0.2, -0.15) is 5.10 Å². The minimum absolute atomic E-state index is 0.0916. The Balaban J connectivity index is 1.27. The third kappa shape index (κ3) is 3.96. The van der Waals surface area contributed by atoms with Gasteiger partial charge in [0.25, 0.3) is 0 Å². The number of rotatable bonds is 5. The molecule has 6 rings (SSSR count). The Morgan fingerprint density at radius 3 is 3.00 bits per heavy atom. The van der Waals surface area contributed by atoms with E-state index < -0.39 is 5.91 Å². The van der Waals surface area contributed by atoms with Crippen molar-refractivity contribution in [2.24, 2.45) is 5.73 Å². The first-order chi connectivity index (χ1) is 17.1. The maximum Gasteiger partial charge on any atom is 0.248 e. The third-order valence-corrected chi connectivity index (χ3v) is 7.44. The molecule has 0 aliphatic carbocycles. The average molecular weight is 486 g/mol. The van der Waals surface area contributed by atoms with Gasteiger partial charge in [0, 0.05) is 30.2 Å². The number of carbonyl (C=O) groups excluding carboxylic acids is 1. The molecule has 10 heteroatoms. The van der Waals surface area contributed by atoms with Crippen LogP contribution in [0.5, 0.6) is 0 Å². The number of aromatic amines is 1. The van der Waals surface area contributed by atoms with Crippen LogP contribution < -0.4 is 15.5 Å². The second-order valence-electron chi connectivity index (χ2n) is 8.46. The highest BCUT2D eigenvalue weighted by Gasteiger charge is 2.26. The maximum atomic E-state index is 11.6. The zero-order valence-corrected chi connectivity index (χ0v) is 19.8. The van der Waals surface area contributed by atoms with Crippen LogP contribution in [0.2, 0.25) is 0 Å². The molecule has 0 spiro atoms. The first-order valence-corrected chi connectivity index (χ1v) is 12.1. The highest BCUT2D eigenvalue weighted by Crippen LogP contribution is 2.36. The molecule has 1 aliphatic rings. The fourth-order valence-corrected chi connectivity index (χ4v) is 5.37. The zero-order valence-electron chi connectivity index (χ0n) is 19.0. The van der Waals surface area contributed by atoms with E-state index >= 15 is 0 Å². The van der Waals surface area contributed by atoms with Crippen molar-refractivity contribution in [2.45, 2.75) is 6.10 Å². The Kier molecular flexibility index (Phi) is 5.31. The Labute approximate surface area is 205 Å². The Morgan fingerprint density at radius 1 is 1.23 bits per heavy atom. The zero-order chi connectivity index (χ0) is 23.9. The topological polar surface area (TPSA) is 113 Å². The molecule has 4 heterocycles. The number of morpholine rings is 1. The molecule has 9 nitrogen and oxygen atoms in total. The van der Waals surface area contributed by atoms with Crippen LogP contribution in [0.1, 0.15) is 22.0 Å². The number of fused-ring (bicyclic) bond motifs is 2. The third-order valence-electron chi connectivity index (χ3n) is 6.31. The summed E-state index contributed by atoms with van der Waals surface area (Å²) in [6.45, 7) is 1.97. The molecule has 1 saturated heterocycles. The summed E-state index contributed by atoms with van der Waals surface area (Å²) in [4.78, 5) is 25.3. The fourth-order valence-electron chi connectivity index (χ4n) is 4.42. The van der Waals surface area contributed by atoms with Gasteiger partial charge in [-0.3, -0.25) is 9.89 Å². The Bertz CT molecular complexity index is 1550. The summed E-state index contributed by atoms with van der Waals surface area (Å²) < 4.78 is 7.11. The van der Waals surface area contributed by atoms with Crippen LogP contribution in [-0.4, -0.2) is 52.8 Å². The summed E-state index contributed by atoms with van der Waals surface area (Å²) in [5.74, 6) is 0.243. The van der Waals surface area contributed by atoms with Crippen LogP contribution in [0.15, 0.2) is 60.9 Å². The highest BCUT2D eigenvalue weighted by molar-refractivity contribution is 7.22. The first kappa shape index (κ1) is 21.5. The van der Waals surface area contributed by atoms with Crippen molar-refractivity contribution in [3.8, 4) is 0 Å². The van der Waals surface area contributed by atoms with Gasteiger partial charge in [0.2, 0.25) is 11.9 Å². The van der Waals surface area contributed by atoms with Crippen molar-refractivity contribution < 1.29 is 9.53 Å². The van der Waals surface area contributed by atoms with E-state index in [1.807, 2.05) is 54.7 Å². The van der Waals surface area contributed by atoms with Gasteiger partial charge in [-0.25, -0.2) is 9.97 Å². The van der Waals surface area contributed by atoms with Gasteiger partial charge < -0.3 is 20.3 Å². The number of carbonyl (C=O) groups is 1. The molecule has 3 aromatic heterocycles. The van der Waals surface area contributed by atoms with Crippen LogP contribution in [0.3, 0.4) is 0 Å². The number of benzene rings is 2. The number of H-pyrrole nitrogens is 1. The molecule has 176 valence electrons. The van der Waals surface area contributed by atoms with Crippen molar-refractivity contribution in [1.29, 1.82) is 0 Å². The predicted molar refractivity (Wildman–Crippen MR) is 137 cm³/mol. The number of nitrogens with two attached hydrogens (primary N) is 1. The van der Waals surface area contributed by atoms with Gasteiger partial charge in [0.1, 0.15) is 6.10 Å². The number of amides is 1. The molecule has 1 fully saturated rings. The van der Waals surface area contributed by atoms with Crippen molar-refractivity contribution in [1.82, 2.24) is 20.2 Å². The smallest absolute Gasteiger partial charge is 0.248 e. The number of ether oxygens (including phenoxy) is 1. The van der Waals surface area contributed by atoms with Crippen LogP contribution in [0.4, 0.5) is 16.6 Å². The van der Waals surface area contributed by atoms with Crippen LogP contribution in [-0.2, 0) is 4.74 Å². The number of nitrogens with zero attached hydrogens (tertiary/aromatic N) is 5. The number of nitrogens with one attached hydrogen (secondary N) is 1. The van der Waals surface area contributed by atoms with Gasteiger partial charge in [0.05, 0.1) is 46.3 Å². The molecule has 1 unspecified atom stereocenters. The molecule has 35 heavy (non-hydrogen) atoms. The minimum Gasteiger partial charge on any atom is -0.370 e. The van der Waals surface area contributed by atoms with E-state index in [2.05, 4.69) is 26.1 Å². The first-order valence-electron chi connectivity index (χ1n) is 11.3. The second kappa shape index (κ2) is 8.64. The van der Waals surface area contributed by atoms with E-state index in [-0.39, 0.29) is 6.10 Å². The molecule has 2 aromatic carbocycles. The van der Waals surface area contributed by atoms with E-state index in [1.165, 1.54) is 0 Å². The van der Waals surface area contributed by atoms with Crippen LogP contribution in [0, 0.1) is 0 Å². The predicted octanol–water partition coefficient (Wildman–Crippen LogP) is 4.01. The molecule has 0 bridgehead atoms. The molecule has 5 aromatic rings. The normalized spacial score (nSPS) is 16.1. The van der Waals surface area contributed by atoms with Crippen LogP contribution in [0.25, 0.3) is 21.1 Å². The number of hydrogen-bond acceptors (Lipinski definition) is 8. The molecular weight excluding hydrogens is 462 g/mol. The molecule has 1 aliphatic heterocycles. The van der Waals surface area contributed by atoms with Gasteiger partial charge in [-0.05, 0) is 35.9 Å². The van der Waals surface area contributed by atoms with Crippen molar-refractivity contribution in [2.75, 3.05) is 36.5 Å². The van der Waals surface area contributed by atoms with E-state index in [0.717, 1.165) is 43.9 Å². The number of thiophene rings is 1. The molecular formula is C25H23N7O2S. The Hall–Kier alpha value is -4.02. The number of hydrogen-bond donors (Lipinski definition) is 2. The molecule has 1 amide bonds. The fraction of sp³-hybridized carbons (Fsp3) is 0.200. The van der Waals surface area contributed by atoms with Crippen LogP contribution >= 0.6 is 11.3 Å². The van der Waals surface area contributed by atoms with E-state index in [9.17, 15) is 4.79 Å². The van der Waals surface area contributed by atoms with Crippen molar-refractivity contribution >= 4 is 55.0 Å². The molecule has 0 radical (unpaired) electrons. The average Bonchev–Trinajstić information content (AvgIpc) is 3.55. The minimum atomic E-state index is -0.445. The summed E-state index contributed by atoms with van der Waals surface area (Å²) in [6, 6.07) is 15.4. The van der Waals surface area contributed by atoms with E-state index in [1.54, 1.807) is 23.5 Å². The molecule has 0 saturated carbocycles. The summed E-state index contributed by atoms with van der Waals surface area (Å²) in [7, 11) is 1.96. The number of anilines is 3. The number of primary amides is 1. The van der Waals surface area contributed by atoms with Gasteiger partial charge in [-0.1, -0.05) is 18.2 Å². The quantitative estimate of drug-likeness (QED) is 0.387. The summed E-state index contributed by atoms with van der Waals surface area (Å²) in [5.41, 5.74) is 9.80. The molecule has 1 atom stereocenters. The van der Waals surface area contributed by atoms with Gasteiger partial charge in [0.15, 0.2) is 0 Å². The largest absolute Gasteiger partial charge is 0.370 e. The SMILES string of the molecule is CN(c1cccc(C(N)=O)c1)c1cc2nc(N3CCOC(c4cccc5[nH]ncc45)C3)ncc2s1. The Morgan fingerprint density at radius 2 is 2.11 bits per heavy atom. The van der Waals surface area contributed by atoms with Crippen molar-refractivity contribution in [3.05, 3.63) is 72.1 Å². The van der Waals surface area contributed by atoms with Gasteiger partial charge >= 0.3 is 0 Å². The lowest BCUT2D eigenvalue weighted by Gasteiger charge is -2.33. The van der Waals surface area contributed by atoms with E-state index in [0.29, 0.717) is 24.7 Å². The van der Waals surface area contributed by atoms with Gasteiger partial charge in [-0.15, -0.1) is 11.3 Å². The number of aromatic nitrogens is 4. The molecule has 3 N–H and O–H groups in total. The lowest BCUT2D eigenvalue weighted by molar-refractivity contribution is 0.0402.